The van der Waals surface area contributed by atoms with Crippen molar-refractivity contribution in [3.63, 3.8) is 0 Å². The van der Waals surface area contributed by atoms with Gasteiger partial charge >= 0.3 is 0 Å². The highest BCUT2D eigenvalue weighted by atomic mass is 15.0. The fraction of sp³-hybridized carbons (Fsp3) is 0. The van der Waals surface area contributed by atoms with Crippen LogP contribution in [0.5, 0.6) is 0 Å². The number of rotatable bonds is 7. The molecule has 0 bridgehead atoms. The highest BCUT2D eigenvalue weighted by Gasteiger charge is 2.20. The van der Waals surface area contributed by atoms with E-state index in [2.05, 4.69) is 246 Å². The molecular formula is C59H39N3. The van der Waals surface area contributed by atoms with Crippen molar-refractivity contribution in [1.29, 1.82) is 0 Å². The van der Waals surface area contributed by atoms with E-state index in [1.165, 1.54) is 60.3 Å². The predicted octanol–water partition coefficient (Wildman–Crippen LogP) is 15.6. The van der Waals surface area contributed by atoms with Crippen molar-refractivity contribution < 1.29 is 0 Å². The SMILES string of the molecule is c1ccc(-c2cc(-c3ccccc3-c3ccccc3)cc(-c3cccc(-c4ccccc4-n4c5ccccc5c5cc6c7ccccc7n(-c7ccccc7)c6cc54)c3)n2)cc1. The van der Waals surface area contributed by atoms with Crippen LogP contribution in [0.3, 0.4) is 0 Å². The van der Waals surface area contributed by atoms with Gasteiger partial charge in [0.25, 0.3) is 0 Å². The maximum absolute atomic E-state index is 5.36. The fourth-order valence-electron chi connectivity index (χ4n) is 9.50. The van der Waals surface area contributed by atoms with Crippen LogP contribution in [-0.2, 0) is 0 Å². The third-order valence-electron chi connectivity index (χ3n) is 12.3. The molecule has 290 valence electrons. The van der Waals surface area contributed by atoms with Gasteiger partial charge in [-0.25, -0.2) is 4.98 Å². The molecule has 0 radical (unpaired) electrons. The normalized spacial score (nSPS) is 11.5. The number of hydrogen-bond acceptors (Lipinski definition) is 1. The van der Waals surface area contributed by atoms with Gasteiger partial charge in [-0.05, 0) is 88.5 Å². The molecule has 0 aliphatic rings. The van der Waals surface area contributed by atoms with Gasteiger partial charge in [0, 0.05) is 43.9 Å². The van der Waals surface area contributed by atoms with E-state index in [-0.39, 0.29) is 0 Å². The summed E-state index contributed by atoms with van der Waals surface area (Å²) in [6.45, 7) is 0. The molecule has 9 aromatic carbocycles. The molecule has 62 heavy (non-hydrogen) atoms. The zero-order chi connectivity index (χ0) is 41.0. The maximum Gasteiger partial charge on any atom is 0.0715 e. The molecule has 0 atom stereocenters. The Bertz CT molecular complexity index is 3620. The molecule has 0 saturated carbocycles. The van der Waals surface area contributed by atoms with Crippen LogP contribution in [-0.4, -0.2) is 14.1 Å². The van der Waals surface area contributed by atoms with Crippen molar-refractivity contribution in [2.75, 3.05) is 0 Å². The summed E-state index contributed by atoms with van der Waals surface area (Å²) < 4.78 is 4.87. The molecular weight excluding hydrogens is 751 g/mol. The number of fused-ring (bicyclic) bond motifs is 6. The first-order valence-corrected chi connectivity index (χ1v) is 21.2. The lowest BCUT2D eigenvalue weighted by Crippen LogP contribution is -1.98. The van der Waals surface area contributed by atoms with Crippen LogP contribution < -0.4 is 0 Å². The minimum Gasteiger partial charge on any atom is -0.309 e. The molecule has 12 aromatic rings. The highest BCUT2D eigenvalue weighted by Crippen LogP contribution is 2.42. The molecule has 0 fully saturated rings. The lowest BCUT2D eigenvalue weighted by atomic mass is 9.92. The number of benzene rings is 9. The molecule has 0 saturated heterocycles. The third kappa shape index (κ3) is 5.94. The quantitative estimate of drug-likeness (QED) is 0.158. The van der Waals surface area contributed by atoms with E-state index in [0.717, 1.165) is 50.6 Å². The summed E-state index contributed by atoms with van der Waals surface area (Å²) in [5.74, 6) is 0. The zero-order valence-electron chi connectivity index (χ0n) is 33.9. The lowest BCUT2D eigenvalue weighted by molar-refractivity contribution is 1.17. The summed E-state index contributed by atoms with van der Waals surface area (Å²) in [4.78, 5) is 5.36. The van der Waals surface area contributed by atoms with Gasteiger partial charge in [0.1, 0.15) is 0 Å². The number of pyridine rings is 1. The van der Waals surface area contributed by atoms with Crippen molar-refractivity contribution in [3.05, 3.63) is 237 Å². The molecule has 12 rings (SSSR count). The molecule has 0 spiro atoms. The lowest BCUT2D eigenvalue weighted by Gasteiger charge is -2.16. The van der Waals surface area contributed by atoms with E-state index >= 15 is 0 Å². The first-order chi connectivity index (χ1) is 30.8. The third-order valence-corrected chi connectivity index (χ3v) is 12.3. The van der Waals surface area contributed by atoms with Crippen molar-refractivity contribution >= 4 is 43.6 Å². The Morgan fingerprint density at radius 1 is 0.258 bits per heavy atom. The Morgan fingerprint density at radius 3 is 1.44 bits per heavy atom. The second kappa shape index (κ2) is 14.8. The van der Waals surface area contributed by atoms with Gasteiger partial charge in [-0.15, -0.1) is 0 Å². The average Bonchev–Trinajstić information content (AvgIpc) is 3.85. The van der Waals surface area contributed by atoms with Crippen molar-refractivity contribution in [2.45, 2.75) is 0 Å². The molecule has 0 aliphatic heterocycles. The Kier molecular flexibility index (Phi) is 8.50. The van der Waals surface area contributed by atoms with Gasteiger partial charge in [0.2, 0.25) is 0 Å². The minimum atomic E-state index is 0.927. The summed E-state index contributed by atoms with van der Waals surface area (Å²) in [5, 5.41) is 4.96. The Hall–Kier alpha value is -8.27. The summed E-state index contributed by atoms with van der Waals surface area (Å²) in [7, 11) is 0. The van der Waals surface area contributed by atoms with Crippen LogP contribution in [0.1, 0.15) is 0 Å². The van der Waals surface area contributed by atoms with E-state index in [1.807, 2.05) is 0 Å². The highest BCUT2D eigenvalue weighted by molar-refractivity contribution is 6.19. The minimum absolute atomic E-state index is 0.927. The molecule has 3 heterocycles. The standard InChI is InChI=1S/C59H39N3/c1-4-19-40(20-5-1)46-27-10-11-28-47(46)44-36-53(41-21-6-2-7-22-41)60-54(37-44)43-24-18-23-42(35-43)48-29-12-15-32-55(48)62-57-34-17-14-31-50(57)52-38-51-49-30-13-16-33-56(49)61(58(51)39-59(52)62)45-25-8-3-9-26-45/h1-39H. The van der Waals surface area contributed by atoms with Crippen LogP contribution in [0.25, 0.3) is 111 Å². The van der Waals surface area contributed by atoms with Crippen LogP contribution in [0.4, 0.5) is 0 Å². The van der Waals surface area contributed by atoms with Crippen molar-refractivity contribution in [3.8, 4) is 67.3 Å². The Balaban J connectivity index is 1.05. The maximum atomic E-state index is 5.36. The van der Waals surface area contributed by atoms with Crippen LogP contribution >= 0.6 is 0 Å². The fourth-order valence-corrected chi connectivity index (χ4v) is 9.50. The first kappa shape index (κ1) is 35.7. The van der Waals surface area contributed by atoms with Gasteiger partial charge in [-0.2, -0.15) is 0 Å². The second-order valence-corrected chi connectivity index (χ2v) is 15.9. The van der Waals surface area contributed by atoms with E-state index < -0.39 is 0 Å². The van der Waals surface area contributed by atoms with Crippen LogP contribution in [0.15, 0.2) is 237 Å². The van der Waals surface area contributed by atoms with Gasteiger partial charge in [-0.3, -0.25) is 0 Å². The Morgan fingerprint density at radius 2 is 0.742 bits per heavy atom. The van der Waals surface area contributed by atoms with E-state index in [1.54, 1.807) is 0 Å². The van der Waals surface area contributed by atoms with E-state index in [0.29, 0.717) is 0 Å². The molecule has 0 unspecified atom stereocenters. The number of para-hydroxylation sites is 4. The van der Waals surface area contributed by atoms with Gasteiger partial charge < -0.3 is 9.13 Å². The number of aromatic nitrogens is 3. The summed E-state index contributed by atoms with van der Waals surface area (Å²) in [5.41, 5.74) is 18.0. The Labute approximate surface area is 360 Å². The topological polar surface area (TPSA) is 22.8 Å². The summed E-state index contributed by atoms with van der Waals surface area (Å²) >= 11 is 0. The molecule has 0 amide bonds. The first-order valence-electron chi connectivity index (χ1n) is 21.2. The van der Waals surface area contributed by atoms with E-state index in [9.17, 15) is 0 Å². The van der Waals surface area contributed by atoms with Gasteiger partial charge in [0.05, 0.1) is 39.1 Å². The molecule has 0 N–H and O–H groups in total. The van der Waals surface area contributed by atoms with Crippen LogP contribution in [0, 0.1) is 0 Å². The van der Waals surface area contributed by atoms with Gasteiger partial charge in [0.15, 0.2) is 0 Å². The largest absolute Gasteiger partial charge is 0.309 e. The summed E-state index contributed by atoms with van der Waals surface area (Å²) in [6.07, 6.45) is 0. The predicted molar refractivity (Wildman–Crippen MR) is 260 cm³/mol. The van der Waals surface area contributed by atoms with E-state index in [4.69, 9.17) is 4.98 Å². The average molecular weight is 790 g/mol. The van der Waals surface area contributed by atoms with Crippen molar-refractivity contribution in [2.24, 2.45) is 0 Å². The smallest absolute Gasteiger partial charge is 0.0715 e. The molecule has 3 aromatic heterocycles. The second-order valence-electron chi connectivity index (χ2n) is 15.9. The summed E-state index contributed by atoms with van der Waals surface area (Å²) in [6, 6.07) is 85.2. The molecule has 3 heteroatoms. The monoisotopic (exact) mass is 789 g/mol. The van der Waals surface area contributed by atoms with Crippen LogP contribution in [0.2, 0.25) is 0 Å². The number of hydrogen-bond donors (Lipinski definition) is 0. The van der Waals surface area contributed by atoms with Gasteiger partial charge in [-0.1, -0.05) is 176 Å². The number of nitrogens with zero attached hydrogens (tertiary/aromatic N) is 3. The molecule has 3 nitrogen and oxygen atoms in total. The van der Waals surface area contributed by atoms with Crippen molar-refractivity contribution in [1.82, 2.24) is 14.1 Å². The molecule has 0 aliphatic carbocycles. The zero-order valence-corrected chi connectivity index (χ0v) is 33.9.